The molecule has 0 aliphatic rings. The lowest BCUT2D eigenvalue weighted by molar-refractivity contribution is -0.142. The van der Waals surface area contributed by atoms with Gasteiger partial charge in [0, 0.05) is 17.2 Å². The molecule has 3 nitrogen and oxygen atoms in total. The molecule has 0 heterocycles. The van der Waals surface area contributed by atoms with E-state index in [-0.39, 0.29) is 12.4 Å². The Morgan fingerprint density at radius 3 is 2.59 bits per heavy atom. The van der Waals surface area contributed by atoms with Crippen LogP contribution in [0.4, 0.5) is 0 Å². The second-order valence-corrected chi connectivity index (χ2v) is 4.30. The number of esters is 1. The minimum absolute atomic E-state index is 0.211. The third kappa shape index (κ3) is 4.61. The quantitative estimate of drug-likeness (QED) is 0.849. The van der Waals surface area contributed by atoms with Gasteiger partial charge in [-0.2, -0.15) is 0 Å². The van der Waals surface area contributed by atoms with Crippen molar-refractivity contribution in [1.29, 1.82) is 0 Å². The fraction of sp³-hybridized carbons (Fsp3) is 0.308. The van der Waals surface area contributed by atoms with Crippen LogP contribution in [0.1, 0.15) is 18.9 Å². The van der Waals surface area contributed by atoms with E-state index in [9.17, 15) is 4.79 Å². The highest BCUT2D eigenvalue weighted by Gasteiger charge is 2.02. The van der Waals surface area contributed by atoms with E-state index < -0.39 is 0 Å². The monoisotopic (exact) mass is 297 g/mol. The van der Waals surface area contributed by atoms with Crippen LogP contribution in [-0.4, -0.2) is 19.6 Å². The molecule has 4 heteroatoms. The van der Waals surface area contributed by atoms with E-state index in [1.165, 1.54) is 0 Å². The fourth-order valence-corrected chi connectivity index (χ4v) is 1.66. The van der Waals surface area contributed by atoms with Crippen LogP contribution in [0.15, 0.2) is 34.8 Å². The summed E-state index contributed by atoms with van der Waals surface area (Å²) in [5, 5.41) is 3.07. The molecule has 0 aliphatic carbocycles. The van der Waals surface area contributed by atoms with Crippen molar-refractivity contribution in [2.24, 2.45) is 0 Å². The molecule has 0 atom stereocenters. The number of rotatable bonds is 5. The normalized spacial score (nSPS) is 11.1. The fourth-order valence-electron chi connectivity index (χ4n) is 1.40. The number of nitrogens with one attached hydrogen (secondary N) is 1. The molecule has 0 radical (unpaired) electrons. The predicted molar refractivity (Wildman–Crippen MR) is 72.4 cm³/mol. The minimum Gasteiger partial charge on any atom is -0.466 e. The number of carbonyl (C=O) groups is 1. The van der Waals surface area contributed by atoms with Crippen molar-refractivity contribution in [2.45, 2.75) is 13.3 Å². The largest absolute Gasteiger partial charge is 0.466 e. The summed E-state index contributed by atoms with van der Waals surface area (Å²) in [7, 11) is 1.83. The molecule has 1 aromatic carbocycles. The highest BCUT2D eigenvalue weighted by Crippen LogP contribution is 2.16. The standard InChI is InChI=1S/C13H16BrNO2/c1-3-17-13(16)9-8-12(15-2)10-4-6-11(14)7-5-10/h4-8,15H,3,9H2,1-2H3/b12-8-. The summed E-state index contributed by atoms with van der Waals surface area (Å²) in [6, 6.07) is 7.89. The molecular weight excluding hydrogens is 282 g/mol. The van der Waals surface area contributed by atoms with Crippen LogP contribution >= 0.6 is 15.9 Å². The van der Waals surface area contributed by atoms with Gasteiger partial charge < -0.3 is 10.1 Å². The third-order valence-electron chi connectivity index (χ3n) is 2.20. The van der Waals surface area contributed by atoms with Gasteiger partial charge in [0.2, 0.25) is 0 Å². The first kappa shape index (κ1) is 13.8. The first-order valence-electron chi connectivity index (χ1n) is 5.46. The summed E-state index contributed by atoms with van der Waals surface area (Å²) in [6.07, 6.45) is 2.11. The maximum Gasteiger partial charge on any atom is 0.309 e. The van der Waals surface area contributed by atoms with Crippen LogP contribution in [0.2, 0.25) is 0 Å². The van der Waals surface area contributed by atoms with Gasteiger partial charge in [0.25, 0.3) is 0 Å². The summed E-state index contributed by atoms with van der Waals surface area (Å²) < 4.78 is 5.90. The van der Waals surface area contributed by atoms with Crippen molar-refractivity contribution >= 4 is 27.6 Å². The van der Waals surface area contributed by atoms with Crippen LogP contribution in [0, 0.1) is 0 Å². The van der Waals surface area contributed by atoms with E-state index in [1.54, 1.807) is 6.92 Å². The number of hydrogen-bond acceptors (Lipinski definition) is 3. The Kier molecular flexibility index (Phi) is 5.77. The van der Waals surface area contributed by atoms with Crippen molar-refractivity contribution in [1.82, 2.24) is 5.32 Å². The van der Waals surface area contributed by atoms with Gasteiger partial charge in [-0.15, -0.1) is 0 Å². The molecule has 0 unspecified atom stereocenters. The molecule has 0 aromatic heterocycles. The first-order valence-corrected chi connectivity index (χ1v) is 6.26. The highest BCUT2D eigenvalue weighted by atomic mass is 79.9. The van der Waals surface area contributed by atoms with Crippen molar-refractivity contribution < 1.29 is 9.53 Å². The number of ether oxygens (including phenoxy) is 1. The molecule has 0 bridgehead atoms. The summed E-state index contributed by atoms with van der Waals surface area (Å²) >= 11 is 3.39. The average molecular weight is 298 g/mol. The van der Waals surface area contributed by atoms with E-state index in [0.29, 0.717) is 6.61 Å². The molecule has 0 aliphatic heterocycles. The van der Waals surface area contributed by atoms with E-state index in [4.69, 9.17) is 4.74 Å². The van der Waals surface area contributed by atoms with Crippen molar-refractivity contribution in [2.75, 3.05) is 13.7 Å². The number of carbonyl (C=O) groups excluding carboxylic acids is 1. The second-order valence-electron chi connectivity index (χ2n) is 3.38. The SMILES string of the molecule is CCOC(=O)C/C=C(\NC)c1ccc(Br)cc1. The molecule has 1 N–H and O–H groups in total. The zero-order chi connectivity index (χ0) is 12.7. The van der Waals surface area contributed by atoms with Crippen molar-refractivity contribution in [3.63, 3.8) is 0 Å². The Bertz CT molecular complexity index is 398. The number of benzene rings is 1. The third-order valence-corrected chi connectivity index (χ3v) is 2.73. The Hall–Kier alpha value is -1.29. The summed E-state index contributed by atoms with van der Waals surface area (Å²) in [6.45, 7) is 2.22. The molecule has 0 saturated heterocycles. The van der Waals surface area contributed by atoms with Gasteiger partial charge in [0.1, 0.15) is 0 Å². The van der Waals surface area contributed by atoms with Gasteiger partial charge in [-0.1, -0.05) is 28.1 Å². The van der Waals surface area contributed by atoms with Gasteiger partial charge in [-0.05, 0) is 30.7 Å². The zero-order valence-corrected chi connectivity index (χ0v) is 11.6. The smallest absolute Gasteiger partial charge is 0.309 e. The highest BCUT2D eigenvalue weighted by molar-refractivity contribution is 9.10. The molecule has 17 heavy (non-hydrogen) atoms. The van der Waals surface area contributed by atoms with E-state index in [2.05, 4.69) is 21.2 Å². The van der Waals surface area contributed by atoms with Crippen LogP contribution in [0.25, 0.3) is 5.70 Å². The number of hydrogen-bond donors (Lipinski definition) is 1. The first-order chi connectivity index (χ1) is 8.17. The van der Waals surface area contributed by atoms with Crippen molar-refractivity contribution in [3.8, 4) is 0 Å². The summed E-state index contributed by atoms with van der Waals surface area (Å²) in [5.74, 6) is -0.211. The molecular formula is C13H16BrNO2. The average Bonchev–Trinajstić information content (AvgIpc) is 2.32. The molecule has 0 amide bonds. The molecule has 0 saturated carbocycles. The lowest BCUT2D eigenvalue weighted by Crippen LogP contribution is -2.07. The lowest BCUT2D eigenvalue weighted by atomic mass is 10.1. The van der Waals surface area contributed by atoms with Crippen LogP contribution in [0.3, 0.4) is 0 Å². The van der Waals surface area contributed by atoms with Gasteiger partial charge in [-0.25, -0.2) is 0 Å². The van der Waals surface area contributed by atoms with Crippen LogP contribution in [0.5, 0.6) is 0 Å². The Morgan fingerprint density at radius 1 is 1.41 bits per heavy atom. The van der Waals surface area contributed by atoms with Gasteiger partial charge in [0.05, 0.1) is 13.0 Å². The van der Waals surface area contributed by atoms with E-state index in [0.717, 1.165) is 15.7 Å². The zero-order valence-electron chi connectivity index (χ0n) is 10.00. The maximum atomic E-state index is 11.2. The topological polar surface area (TPSA) is 38.3 Å². The second kappa shape index (κ2) is 7.12. The Labute approximate surface area is 110 Å². The van der Waals surface area contributed by atoms with E-state index >= 15 is 0 Å². The van der Waals surface area contributed by atoms with Crippen LogP contribution in [-0.2, 0) is 9.53 Å². The Morgan fingerprint density at radius 2 is 2.06 bits per heavy atom. The van der Waals surface area contributed by atoms with Crippen LogP contribution < -0.4 is 5.32 Å². The van der Waals surface area contributed by atoms with Crippen molar-refractivity contribution in [3.05, 3.63) is 40.4 Å². The van der Waals surface area contributed by atoms with Gasteiger partial charge in [0.15, 0.2) is 0 Å². The molecule has 92 valence electrons. The van der Waals surface area contributed by atoms with Gasteiger partial charge >= 0.3 is 5.97 Å². The lowest BCUT2D eigenvalue weighted by Gasteiger charge is -2.07. The van der Waals surface area contributed by atoms with Gasteiger partial charge in [-0.3, -0.25) is 4.79 Å². The molecule has 0 fully saturated rings. The predicted octanol–water partition coefficient (Wildman–Crippen LogP) is 2.96. The summed E-state index contributed by atoms with van der Waals surface area (Å²) in [4.78, 5) is 11.2. The number of halogens is 1. The molecule has 0 spiro atoms. The Balaban J connectivity index is 2.73. The summed E-state index contributed by atoms with van der Waals surface area (Å²) in [5.41, 5.74) is 1.96. The maximum absolute atomic E-state index is 11.2. The van der Waals surface area contributed by atoms with E-state index in [1.807, 2.05) is 37.4 Å². The molecule has 1 aromatic rings. The molecule has 1 rings (SSSR count). The minimum atomic E-state index is -0.211.